The summed E-state index contributed by atoms with van der Waals surface area (Å²) < 4.78 is 0. The molecule has 0 heterocycles. The predicted molar refractivity (Wildman–Crippen MR) is 89.9 cm³/mol. The average molecular weight is 279 g/mol. The first-order valence-corrected chi connectivity index (χ1v) is 8.10. The maximum Gasteiger partial charge on any atom is 0.0576 e. The molecule has 0 aliphatic heterocycles. The molecular weight excluding hydrogens is 254 g/mol. The van der Waals surface area contributed by atoms with Crippen molar-refractivity contribution < 1.29 is 0 Å². The van der Waals surface area contributed by atoms with Gasteiger partial charge in [0.1, 0.15) is 0 Å². The lowest BCUT2D eigenvalue weighted by Gasteiger charge is -2.21. The second kappa shape index (κ2) is 6.03. The number of rotatable bonds is 4. The monoisotopic (exact) mass is 279 g/mol. The molecule has 110 valence electrons. The van der Waals surface area contributed by atoms with Crippen LogP contribution in [-0.2, 0) is 12.8 Å². The number of fused-ring (bicyclic) bond motifs is 1. The zero-order valence-corrected chi connectivity index (χ0v) is 13.4. The van der Waals surface area contributed by atoms with Gasteiger partial charge in [-0.15, -0.1) is 0 Å². The Labute approximate surface area is 128 Å². The van der Waals surface area contributed by atoms with E-state index in [1.807, 2.05) is 0 Å². The highest BCUT2D eigenvalue weighted by Crippen LogP contribution is 2.29. The van der Waals surface area contributed by atoms with E-state index in [-0.39, 0.29) is 0 Å². The van der Waals surface area contributed by atoms with Gasteiger partial charge in [-0.3, -0.25) is 0 Å². The number of hydrogen-bond acceptors (Lipinski definition) is 1. The molecule has 3 rings (SSSR count). The van der Waals surface area contributed by atoms with E-state index in [4.69, 9.17) is 0 Å². The highest BCUT2D eigenvalue weighted by atomic mass is 14.9. The minimum atomic E-state index is 0.305. The summed E-state index contributed by atoms with van der Waals surface area (Å²) >= 11 is 0. The van der Waals surface area contributed by atoms with Crippen molar-refractivity contribution in [3.05, 3.63) is 69.8 Å². The van der Waals surface area contributed by atoms with Gasteiger partial charge in [-0.2, -0.15) is 0 Å². The summed E-state index contributed by atoms with van der Waals surface area (Å²) in [4.78, 5) is 0. The Morgan fingerprint density at radius 3 is 2.33 bits per heavy atom. The Hall–Kier alpha value is -1.60. The molecule has 1 aliphatic carbocycles. The van der Waals surface area contributed by atoms with Gasteiger partial charge in [0.2, 0.25) is 0 Å². The van der Waals surface area contributed by atoms with Crippen LogP contribution in [0.3, 0.4) is 0 Å². The SMILES string of the molecule is CCNC(c1cc(C)cc(C)c1)c1ccc2c(c1)CCC2. The van der Waals surface area contributed by atoms with E-state index in [2.05, 4.69) is 62.5 Å². The fourth-order valence-electron chi connectivity index (χ4n) is 3.58. The van der Waals surface area contributed by atoms with Crippen LogP contribution in [0.25, 0.3) is 0 Å². The third-order valence-electron chi connectivity index (χ3n) is 4.44. The molecule has 1 heteroatoms. The zero-order chi connectivity index (χ0) is 14.8. The van der Waals surface area contributed by atoms with Gasteiger partial charge in [0.15, 0.2) is 0 Å². The summed E-state index contributed by atoms with van der Waals surface area (Å²) in [6.07, 6.45) is 3.81. The van der Waals surface area contributed by atoms with Gasteiger partial charge in [0.05, 0.1) is 6.04 Å². The molecular formula is C20H25N. The normalized spacial score (nSPS) is 15.0. The first kappa shape index (κ1) is 14.3. The number of hydrogen-bond donors (Lipinski definition) is 1. The van der Waals surface area contributed by atoms with Crippen molar-refractivity contribution in [2.75, 3.05) is 6.54 Å². The van der Waals surface area contributed by atoms with E-state index in [1.54, 1.807) is 11.1 Å². The summed E-state index contributed by atoms with van der Waals surface area (Å²) in [6, 6.07) is 14.3. The van der Waals surface area contributed by atoms with Gasteiger partial charge in [0.25, 0.3) is 0 Å². The van der Waals surface area contributed by atoms with Crippen LogP contribution in [0.2, 0.25) is 0 Å². The lowest BCUT2D eigenvalue weighted by molar-refractivity contribution is 0.629. The van der Waals surface area contributed by atoms with Crippen molar-refractivity contribution in [2.24, 2.45) is 0 Å². The predicted octanol–water partition coefficient (Wildman–Crippen LogP) is 4.49. The third kappa shape index (κ3) is 3.03. The minimum absolute atomic E-state index is 0.305. The molecule has 2 aromatic carbocycles. The molecule has 0 saturated carbocycles. The topological polar surface area (TPSA) is 12.0 Å². The molecule has 1 unspecified atom stereocenters. The second-order valence-electron chi connectivity index (χ2n) is 6.29. The molecule has 1 aliphatic rings. The Morgan fingerprint density at radius 2 is 1.62 bits per heavy atom. The first-order chi connectivity index (χ1) is 10.2. The van der Waals surface area contributed by atoms with E-state index in [0.717, 1.165) is 6.54 Å². The van der Waals surface area contributed by atoms with Crippen molar-refractivity contribution in [3.63, 3.8) is 0 Å². The Morgan fingerprint density at radius 1 is 0.905 bits per heavy atom. The van der Waals surface area contributed by atoms with Gasteiger partial charge in [-0.05, 0) is 61.9 Å². The van der Waals surface area contributed by atoms with E-state index in [0.29, 0.717) is 6.04 Å². The maximum atomic E-state index is 3.66. The van der Waals surface area contributed by atoms with Crippen LogP contribution in [-0.4, -0.2) is 6.54 Å². The summed E-state index contributed by atoms with van der Waals surface area (Å²) in [5, 5.41) is 3.66. The fourth-order valence-corrected chi connectivity index (χ4v) is 3.58. The van der Waals surface area contributed by atoms with Crippen molar-refractivity contribution in [3.8, 4) is 0 Å². The Kier molecular flexibility index (Phi) is 4.12. The molecule has 0 fully saturated rings. The van der Waals surface area contributed by atoms with Gasteiger partial charge in [-0.25, -0.2) is 0 Å². The van der Waals surface area contributed by atoms with Crippen LogP contribution in [0.5, 0.6) is 0 Å². The van der Waals surface area contributed by atoms with E-state index in [9.17, 15) is 0 Å². The number of aryl methyl sites for hydroxylation is 4. The third-order valence-corrected chi connectivity index (χ3v) is 4.44. The second-order valence-corrected chi connectivity index (χ2v) is 6.29. The zero-order valence-electron chi connectivity index (χ0n) is 13.4. The van der Waals surface area contributed by atoms with E-state index >= 15 is 0 Å². The molecule has 2 aromatic rings. The summed E-state index contributed by atoms with van der Waals surface area (Å²) in [5.74, 6) is 0. The summed E-state index contributed by atoms with van der Waals surface area (Å²) in [6.45, 7) is 7.53. The highest BCUT2D eigenvalue weighted by Gasteiger charge is 2.17. The number of benzene rings is 2. The molecule has 0 aromatic heterocycles. The van der Waals surface area contributed by atoms with Crippen molar-refractivity contribution in [1.82, 2.24) is 5.32 Å². The molecule has 0 amide bonds. The molecule has 1 atom stereocenters. The molecule has 0 saturated heterocycles. The number of nitrogens with one attached hydrogen (secondary N) is 1. The lowest BCUT2D eigenvalue weighted by Crippen LogP contribution is -2.22. The highest BCUT2D eigenvalue weighted by molar-refractivity contribution is 5.41. The average Bonchev–Trinajstić information content (AvgIpc) is 2.91. The minimum Gasteiger partial charge on any atom is -0.307 e. The van der Waals surface area contributed by atoms with Crippen LogP contribution in [0, 0.1) is 13.8 Å². The van der Waals surface area contributed by atoms with Crippen LogP contribution in [0.4, 0.5) is 0 Å². The molecule has 1 nitrogen and oxygen atoms in total. The van der Waals surface area contributed by atoms with Crippen molar-refractivity contribution in [2.45, 2.75) is 46.1 Å². The summed E-state index contributed by atoms with van der Waals surface area (Å²) in [7, 11) is 0. The lowest BCUT2D eigenvalue weighted by atomic mass is 9.93. The van der Waals surface area contributed by atoms with Crippen molar-refractivity contribution >= 4 is 0 Å². The van der Waals surface area contributed by atoms with Crippen LogP contribution < -0.4 is 5.32 Å². The molecule has 0 bridgehead atoms. The van der Waals surface area contributed by atoms with Gasteiger partial charge < -0.3 is 5.32 Å². The standard InChI is InChI=1S/C20H25N/c1-4-21-20(19-11-14(2)10-15(3)12-19)18-9-8-16-6-5-7-17(16)13-18/h8-13,20-21H,4-7H2,1-3H3. The Balaban J connectivity index is 2.01. The van der Waals surface area contributed by atoms with Crippen molar-refractivity contribution in [1.29, 1.82) is 0 Å². The Bertz CT molecular complexity index is 622. The van der Waals surface area contributed by atoms with Gasteiger partial charge in [0, 0.05) is 0 Å². The van der Waals surface area contributed by atoms with Gasteiger partial charge >= 0.3 is 0 Å². The van der Waals surface area contributed by atoms with Crippen LogP contribution in [0.1, 0.15) is 52.8 Å². The molecule has 1 N–H and O–H groups in total. The first-order valence-electron chi connectivity index (χ1n) is 8.10. The van der Waals surface area contributed by atoms with Gasteiger partial charge in [-0.1, -0.05) is 54.4 Å². The molecule has 0 radical (unpaired) electrons. The van der Waals surface area contributed by atoms with E-state index < -0.39 is 0 Å². The summed E-state index contributed by atoms with van der Waals surface area (Å²) in [5.41, 5.74) is 8.58. The quantitative estimate of drug-likeness (QED) is 0.869. The molecule has 0 spiro atoms. The van der Waals surface area contributed by atoms with Crippen LogP contribution >= 0.6 is 0 Å². The maximum absolute atomic E-state index is 3.66. The smallest absolute Gasteiger partial charge is 0.0576 e. The fraction of sp³-hybridized carbons (Fsp3) is 0.400. The molecule has 21 heavy (non-hydrogen) atoms. The van der Waals surface area contributed by atoms with E-state index in [1.165, 1.54) is 41.5 Å². The van der Waals surface area contributed by atoms with Crippen LogP contribution in [0.15, 0.2) is 36.4 Å². The largest absolute Gasteiger partial charge is 0.307 e.